The van der Waals surface area contributed by atoms with E-state index in [1.807, 2.05) is 13.8 Å². The number of aryl methyl sites for hydroxylation is 1. The van der Waals surface area contributed by atoms with E-state index >= 15 is 0 Å². The van der Waals surface area contributed by atoms with E-state index in [4.69, 9.17) is 4.74 Å². The van der Waals surface area contributed by atoms with Gasteiger partial charge in [0.05, 0.1) is 11.0 Å². The second kappa shape index (κ2) is 7.29. The van der Waals surface area contributed by atoms with Crippen LogP contribution in [0.4, 0.5) is 10.1 Å². The van der Waals surface area contributed by atoms with Crippen molar-refractivity contribution in [3.8, 4) is 11.6 Å². The van der Waals surface area contributed by atoms with Crippen molar-refractivity contribution in [1.29, 1.82) is 0 Å². The van der Waals surface area contributed by atoms with Crippen molar-refractivity contribution in [2.75, 3.05) is 0 Å². The maximum Gasteiger partial charge on any atom is 0.272 e. The summed E-state index contributed by atoms with van der Waals surface area (Å²) >= 11 is 0. The Morgan fingerprint density at radius 2 is 2.20 bits per heavy atom. The predicted molar refractivity (Wildman–Crippen MR) is 88.3 cm³/mol. The molecule has 0 saturated carbocycles. The number of nitrogens with zero attached hydrogens (tertiary/aromatic N) is 3. The van der Waals surface area contributed by atoms with Gasteiger partial charge in [0, 0.05) is 24.7 Å². The van der Waals surface area contributed by atoms with Crippen LogP contribution in [0.2, 0.25) is 0 Å². The third-order valence-corrected chi connectivity index (χ3v) is 3.76. The van der Waals surface area contributed by atoms with E-state index in [1.54, 1.807) is 14.0 Å². The Morgan fingerprint density at radius 3 is 2.76 bits per heavy atom. The van der Waals surface area contributed by atoms with Gasteiger partial charge in [0.15, 0.2) is 17.3 Å². The Labute approximate surface area is 143 Å². The number of hydrogen-bond acceptors (Lipinski definition) is 5. The van der Waals surface area contributed by atoms with Gasteiger partial charge in [-0.15, -0.1) is 0 Å². The fourth-order valence-corrected chi connectivity index (χ4v) is 2.16. The number of nitrogens with one attached hydrogen (secondary N) is 1. The molecule has 1 amide bonds. The number of non-ortho nitro benzene ring substituents is 1. The molecule has 134 valence electrons. The number of carbonyl (C=O) groups excluding carboxylic acids is 1. The van der Waals surface area contributed by atoms with Gasteiger partial charge in [-0.25, -0.2) is 9.07 Å². The average molecular weight is 350 g/mol. The first-order chi connectivity index (χ1) is 11.7. The average Bonchev–Trinajstić information content (AvgIpc) is 2.84. The maximum absolute atomic E-state index is 14.0. The molecule has 0 aliphatic heterocycles. The molecule has 1 heterocycles. The van der Waals surface area contributed by atoms with Gasteiger partial charge in [-0.1, -0.05) is 6.92 Å². The summed E-state index contributed by atoms with van der Waals surface area (Å²) in [6.07, 6.45) is 0.773. The van der Waals surface area contributed by atoms with Crippen molar-refractivity contribution >= 4 is 11.6 Å². The third-order valence-electron chi connectivity index (χ3n) is 3.76. The van der Waals surface area contributed by atoms with Crippen molar-refractivity contribution in [3.05, 3.63) is 45.4 Å². The van der Waals surface area contributed by atoms with Crippen molar-refractivity contribution in [2.24, 2.45) is 7.05 Å². The minimum absolute atomic E-state index is 0.00890. The molecule has 1 aromatic carbocycles. The number of aromatic nitrogens is 2. The summed E-state index contributed by atoms with van der Waals surface area (Å²) in [7, 11) is 1.56. The van der Waals surface area contributed by atoms with Crippen LogP contribution in [0.25, 0.3) is 0 Å². The summed E-state index contributed by atoms with van der Waals surface area (Å²) < 4.78 is 20.8. The number of nitro benzene ring substituents is 1. The zero-order valence-electron chi connectivity index (χ0n) is 14.4. The van der Waals surface area contributed by atoms with Gasteiger partial charge < -0.3 is 10.1 Å². The van der Waals surface area contributed by atoms with Gasteiger partial charge in [-0.3, -0.25) is 14.9 Å². The molecule has 0 spiro atoms. The third kappa shape index (κ3) is 3.93. The molecule has 0 radical (unpaired) electrons. The molecule has 1 atom stereocenters. The quantitative estimate of drug-likeness (QED) is 0.637. The number of ether oxygens (including phenoxy) is 1. The topological polar surface area (TPSA) is 99.3 Å². The highest BCUT2D eigenvalue weighted by atomic mass is 19.1. The Balaban J connectivity index is 2.29. The van der Waals surface area contributed by atoms with Crippen LogP contribution in [0.15, 0.2) is 18.2 Å². The summed E-state index contributed by atoms with van der Waals surface area (Å²) in [4.78, 5) is 22.2. The van der Waals surface area contributed by atoms with Gasteiger partial charge in [-0.2, -0.15) is 5.10 Å². The Morgan fingerprint density at radius 1 is 1.52 bits per heavy atom. The first-order valence-electron chi connectivity index (χ1n) is 7.70. The summed E-state index contributed by atoms with van der Waals surface area (Å²) in [6.45, 7) is 5.46. The van der Waals surface area contributed by atoms with Crippen LogP contribution < -0.4 is 10.1 Å². The number of halogens is 1. The molecule has 2 rings (SSSR count). The van der Waals surface area contributed by atoms with Crippen molar-refractivity contribution in [2.45, 2.75) is 33.2 Å². The van der Waals surface area contributed by atoms with Crippen LogP contribution in [-0.4, -0.2) is 26.7 Å². The Hall–Kier alpha value is -2.97. The van der Waals surface area contributed by atoms with Crippen molar-refractivity contribution in [1.82, 2.24) is 15.1 Å². The fraction of sp³-hybridized carbons (Fsp3) is 0.375. The molecule has 0 fully saturated rings. The normalized spacial score (nSPS) is 11.9. The summed E-state index contributed by atoms with van der Waals surface area (Å²) in [5, 5.41) is 17.6. The number of hydrogen-bond donors (Lipinski definition) is 1. The predicted octanol–water partition coefficient (Wildman–Crippen LogP) is 3.10. The van der Waals surface area contributed by atoms with Crippen LogP contribution in [0.1, 0.15) is 36.3 Å². The number of amides is 1. The van der Waals surface area contributed by atoms with E-state index in [0.717, 1.165) is 18.6 Å². The largest absolute Gasteiger partial charge is 0.436 e. The molecule has 0 aliphatic rings. The summed E-state index contributed by atoms with van der Waals surface area (Å²) in [5.41, 5.74) is 0.251. The maximum atomic E-state index is 14.0. The molecule has 0 saturated heterocycles. The minimum atomic E-state index is -0.875. The van der Waals surface area contributed by atoms with Crippen LogP contribution in [-0.2, 0) is 7.05 Å². The zero-order chi connectivity index (χ0) is 18.7. The molecule has 1 aromatic heterocycles. The van der Waals surface area contributed by atoms with Gasteiger partial charge in [0.1, 0.15) is 0 Å². The van der Waals surface area contributed by atoms with Crippen molar-refractivity contribution < 1.29 is 18.8 Å². The lowest BCUT2D eigenvalue weighted by Gasteiger charge is -2.10. The zero-order valence-corrected chi connectivity index (χ0v) is 14.4. The molecule has 1 N–H and O–H groups in total. The molecule has 2 aromatic rings. The smallest absolute Gasteiger partial charge is 0.272 e. The standard InChI is InChI=1S/C16H19FN4O4/c1-5-9(2)18-15(22)14-10(3)16(20(4)19-14)25-13-7-6-11(21(23)24)8-12(13)17/h6-9H,5H2,1-4H3,(H,18,22). The molecule has 1 unspecified atom stereocenters. The Bertz CT molecular complexity index is 819. The van der Waals surface area contributed by atoms with E-state index in [0.29, 0.717) is 5.56 Å². The second-order valence-electron chi connectivity index (χ2n) is 5.66. The SMILES string of the molecule is CCC(C)NC(=O)c1nn(C)c(Oc2ccc([N+](=O)[O-])cc2F)c1C. The van der Waals surface area contributed by atoms with E-state index in [-0.39, 0.29) is 35.0 Å². The first-order valence-corrected chi connectivity index (χ1v) is 7.70. The lowest BCUT2D eigenvalue weighted by molar-refractivity contribution is -0.385. The first kappa shape index (κ1) is 18.4. The molecule has 25 heavy (non-hydrogen) atoms. The van der Waals surface area contributed by atoms with E-state index in [2.05, 4.69) is 10.4 Å². The van der Waals surface area contributed by atoms with Gasteiger partial charge in [0.25, 0.3) is 11.6 Å². The number of nitro groups is 1. The van der Waals surface area contributed by atoms with E-state index in [9.17, 15) is 19.3 Å². The molecule has 8 nitrogen and oxygen atoms in total. The minimum Gasteiger partial charge on any atom is -0.436 e. The van der Waals surface area contributed by atoms with Gasteiger partial charge in [-0.05, 0) is 26.3 Å². The molecule has 0 aliphatic carbocycles. The number of carbonyl (C=O) groups is 1. The van der Waals surface area contributed by atoms with Crippen LogP contribution in [0, 0.1) is 22.9 Å². The molecule has 0 bridgehead atoms. The van der Waals surface area contributed by atoms with E-state index < -0.39 is 10.7 Å². The highest BCUT2D eigenvalue weighted by Gasteiger charge is 2.22. The molecular formula is C16H19FN4O4. The summed E-state index contributed by atoms with van der Waals surface area (Å²) in [5.74, 6) is -1.23. The molecule has 9 heteroatoms. The molecular weight excluding hydrogens is 331 g/mol. The number of benzene rings is 1. The van der Waals surface area contributed by atoms with Gasteiger partial charge in [0.2, 0.25) is 5.88 Å². The highest BCUT2D eigenvalue weighted by Crippen LogP contribution is 2.30. The Kier molecular flexibility index (Phi) is 5.35. The van der Waals surface area contributed by atoms with Crippen LogP contribution >= 0.6 is 0 Å². The highest BCUT2D eigenvalue weighted by molar-refractivity contribution is 5.94. The van der Waals surface area contributed by atoms with Gasteiger partial charge >= 0.3 is 0 Å². The monoisotopic (exact) mass is 350 g/mol. The van der Waals surface area contributed by atoms with Crippen molar-refractivity contribution in [3.63, 3.8) is 0 Å². The lowest BCUT2D eigenvalue weighted by Crippen LogP contribution is -2.32. The van der Waals surface area contributed by atoms with Crippen LogP contribution in [0.3, 0.4) is 0 Å². The van der Waals surface area contributed by atoms with E-state index in [1.165, 1.54) is 10.7 Å². The number of rotatable bonds is 6. The summed E-state index contributed by atoms with van der Waals surface area (Å²) in [6, 6.07) is 3.07. The lowest BCUT2D eigenvalue weighted by atomic mass is 10.2. The van der Waals surface area contributed by atoms with Crippen LogP contribution in [0.5, 0.6) is 11.6 Å². The fourth-order valence-electron chi connectivity index (χ4n) is 2.16. The second-order valence-corrected chi connectivity index (χ2v) is 5.66.